The predicted octanol–water partition coefficient (Wildman–Crippen LogP) is 1.73. The van der Waals surface area contributed by atoms with E-state index >= 15 is 0 Å². The van der Waals surface area contributed by atoms with Crippen molar-refractivity contribution in [3.63, 3.8) is 0 Å². The lowest BCUT2D eigenvalue weighted by Gasteiger charge is -2.29. The minimum atomic E-state index is -5.42. The summed E-state index contributed by atoms with van der Waals surface area (Å²) in [4.78, 5) is 11.9. The van der Waals surface area contributed by atoms with Gasteiger partial charge < -0.3 is 18.5 Å². The van der Waals surface area contributed by atoms with E-state index in [9.17, 15) is 8.68 Å². The standard InChI is InChI=1S/C16H24NO3S.FHO3S/c1-17(2)10-14(9-15(17)16(18)20-4)21-11-12-5-7-13(19-3)8-6-12;1-5(2,3)4/h5-8,14-15H,9-11H2,1-4H3;(H,2,3,4)/q+1;/p-1/t14-,15-;/m0./s1. The van der Waals surface area contributed by atoms with Gasteiger partial charge in [-0.2, -0.15) is 0 Å². The van der Waals surface area contributed by atoms with Crippen LogP contribution in [0.15, 0.2) is 24.3 Å². The average Bonchev–Trinajstić information content (AvgIpc) is 2.85. The minimum absolute atomic E-state index is 0.0385. The van der Waals surface area contributed by atoms with Crippen LogP contribution in [0.4, 0.5) is 3.89 Å². The monoisotopic (exact) mass is 409 g/mol. The first-order valence-corrected chi connectivity index (χ1v) is 10.1. The number of hydrogen-bond acceptors (Lipinski definition) is 7. The Labute approximate surface area is 158 Å². The molecule has 0 unspecified atom stereocenters. The molecule has 0 bridgehead atoms. The molecule has 1 heterocycles. The molecule has 148 valence electrons. The second-order valence-corrected chi connectivity index (χ2v) is 8.48. The lowest BCUT2D eigenvalue weighted by atomic mass is 10.2. The quantitative estimate of drug-likeness (QED) is 0.316. The van der Waals surface area contributed by atoms with Gasteiger partial charge in [-0.25, -0.2) is 13.2 Å². The molecule has 26 heavy (non-hydrogen) atoms. The van der Waals surface area contributed by atoms with Gasteiger partial charge in [-0.1, -0.05) is 12.1 Å². The number of rotatable bonds is 5. The maximum absolute atomic E-state index is 11.9. The number of nitrogens with zero attached hydrogens (tertiary/aromatic N) is 1. The van der Waals surface area contributed by atoms with Gasteiger partial charge in [0.05, 0.1) is 40.1 Å². The zero-order valence-electron chi connectivity index (χ0n) is 15.2. The molecule has 0 aromatic heterocycles. The van der Waals surface area contributed by atoms with Crippen LogP contribution in [0.25, 0.3) is 0 Å². The van der Waals surface area contributed by atoms with Crippen LogP contribution in [0.5, 0.6) is 5.75 Å². The number of carbonyl (C=O) groups is 1. The van der Waals surface area contributed by atoms with Gasteiger partial charge in [-0.05, 0) is 17.7 Å². The third-order valence-corrected chi connectivity index (χ3v) is 5.44. The van der Waals surface area contributed by atoms with Gasteiger partial charge in [0.2, 0.25) is 0 Å². The van der Waals surface area contributed by atoms with Crippen molar-refractivity contribution in [1.29, 1.82) is 0 Å². The van der Waals surface area contributed by atoms with E-state index < -0.39 is 10.5 Å². The van der Waals surface area contributed by atoms with Crippen molar-refractivity contribution < 1.29 is 35.6 Å². The zero-order chi connectivity index (χ0) is 20.0. The van der Waals surface area contributed by atoms with Crippen molar-refractivity contribution in [2.45, 2.75) is 23.5 Å². The normalized spacial score (nSPS) is 21.5. The molecule has 0 amide bonds. The highest BCUT2D eigenvalue weighted by molar-refractivity contribution is 7.99. The Morgan fingerprint density at radius 2 is 1.85 bits per heavy atom. The van der Waals surface area contributed by atoms with E-state index in [0.29, 0.717) is 9.73 Å². The lowest BCUT2D eigenvalue weighted by molar-refractivity contribution is -0.893. The molecule has 1 aliphatic rings. The van der Waals surface area contributed by atoms with E-state index in [1.165, 1.54) is 12.7 Å². The van der Waals surface area contributed by atoms with Gasteiger partial charge >= 0.3 is 5.97 Å². The molecule has 1 fully saturated rings. The van der Waals surface area contributed by atoms with Crippen molar-refractivity contribution >= 4 is 28.2 Å². The van der Waals surface area contributed by atoms with Crippen LogP contribution in [0, 0.1) is 0 Å². The molecule has 2 rings (SSSR count). The molecule has 2 atom stereocenters. The summed E-state index contributed by atoms with van der Waals surface area (Å²) in [6.07, 6.45) is 0.889. The molecule has 0 radical (unpaired) electrons. The van der Waals surface area contributed by atoms with Crippen molar-refractivity contribution in [2.24, 2.45) is 0 Å². The summed E-state index contributed by atoms with van der Waals surface area (Å²) in [5, 5.41) is 0.492. The Morgan fingerprint density at radius 1 is 1.31 bits per heavy atom. The Hall–Kier alpha value is -1.36. The SMILES string of the molecule is COC(=O)[C@@H]1C[C@H](SCc2ccc(OC)cc2)C[N+]1(C)C.O=S(=O)([O-])F. The first-order chi connectivity index (χ1) is 12.0. The fourth-order valence-corrected chi connectivity index (χ4v) is 4.26. The summed E-state index contributed by atoms with van der Waals surface area (Å²) in [5.74, 6) is 1.75. The van der Waals surface area contributed by atoms with E-state index in [2.05, 4.69) is 26.2 Å². The molecule has 0 spiro atoms. The summed E-state index contributed by atoms with van der Waals surface area (Å²) in [6, 6.07) is 8.13. The summed E-state index contributed by atoms with van der Waals surface area (Å²) in [5.41, 5.74) is 1.28. The third kappa shape index (κ3) is 7.90. The fraction of sp³-hybridized carbons (Fsp3) is 0.562. The topological polar surface area (TPSA) is 92.7 Å². The molecule has 0 saturated carbocycles. The Balaban J connectivity index is 0.000000597. The molecule has 1 aromatic rings. The van der Waals surface area contributed by atoms with Crippen molar-refractivity contribution in [3.8, 4) is 5.75 Å². The van der Waals surface area contributed by atoms with Crippen LogP contribution in [0.1, 0.15) is 12.0 Å². The largest absolute Gasteiger partial charge is 0.722 e. The first-order valence-electron chi connectivity index (χ1n) is 7.76. The van der Waals surface area contributed by atoms with Crippen molar-refractivity contribution in [3.05, 3.63) is 29.8 Å². The second kappa shape index (κ2) is 9.54. The maximum atomic E-state index is 11.9. The fourth-order valence-electron chi connectivity index (χ4n) is 2.84. The van der Waals surface area contributed by atoms with Gasteiger partial charge in [-0.3, -0.25) is 0 Å². The Kier molecular flexibility index (Phi) is 8.32. The van der Waals surface area contributed by atoms with E-state index in [-0.39, 0.29) is 12.0 Å². The minimum Gasteiger partial charge on any atom is -0.722 e. The van der Waals surface area contributed by atoms with Gasteiger partial charge in [0.25, 0.3) is 10.5 Å². The van der Waals surface area contributed by atoms with Gasteiger partial charge in [0.15, 0.2) is 6.04 Å². The third-order valence-electron chi connectivity index (χ3n) is 4.12. The highest BCUT2D eigenvalue weighted by Crippen LogP contribution is 2.33. The highest BCUT2D eigenvalue weighted by Gasteiger charge is 2.46. The predicted molar refractivity (Wildman–Crippen MR) is 96.3 cm³/mol. The van der Waals surface area contributed by atoms with Crippen LogP contribution < -0.4 is 4.74 Å². The number of likely N-dealkylation sites (tertiary alicyclic amines) is 1. The van der Waals surface area contributed by atoms with Crippen LogP contribution in [-0.4, -0.2) is 69.6 Å². The first kappa shape index (κ1) is 22.7. The molecule has 10 heteroatoms. The molecular weight excluding hydrogens is 385 g/mol. The van der Waals surface area contributed by atoms with Crippen LogP contribution in [0.3, 0.4) is 0 Å². The maximum Gasteiger partial charge on any atom is 0.364 e. The summed E-state index contributed by atoms with van der Waals surface area (Å²) in [6.45, 7) is 1.00. The molecule has 1 aliphatic heterocycles. The van der Waals surface area contributed by atoms with Crippen molar-refractivity contribution in [1.82, 2.24) is 0 Å². The lowest BCUT2D eigenvalue weighted by Crippen LogP contribution is -2.48. The van der Waals surface area contributed by atoms with Gasteiger partial charge in [0, 0.05) is 12.2 Å². The summed E-state index contributed by atoms with van der Waals surface area (Å²) in [7, 11) is 1.94. The smallest absolute Gasteiger partial charge is 0.364 e. The number of esters is 1. The summed E-state index contributed by atoms with van der Waals surface area (Å²) < 4.78 is 46.1. The van der Waals surface area contributed by atoms with Gasteiger partial charge in [0.1, 0.15) is 5.75 Å². The number of quaternary nitrogens is 1. The number of likely N-dealkylation sites (N-methyl/N-ethyl adjacent to an activating group) is 1. The number of benzene rings is 1. The van der Waals surface area contributed by atoms with Crippen LogP contribution in [-0.2, 0) is 25.8 Å². The molecular formula is C16H24FNO6S2. The number of hydrogen-bond donors (Lipinski definition) is 0. The van der Waals surface area contributed by atoms with E-state index in [1.807, 2.05) is 23.9 Å². The number of thioether (sulfide) groups is 1. The van der Waals surface area contributed by atoms with E-state index in [1.54, 1.807) is 7.11 Å². The molecule has 1 aromatic carbocycles. The number of ether oxygens (including phenoxy) is 2. The molecule has 0 N–H and O–H groups in total. The van der Waals surface area contributed by atoms with E-state index in [4.69, 9.17) is 22.4 Å². The second-order valence-electron chi connectivity index (χ2n) is 6.41. The Morgan fingerprint density at radius 3 is 2.31 bits per heavy atom. The Bertz CT molecular complexity index is 685. The van der Waals surface area contributed by atoms with E-state index in [0.717, 1.165) is 24.5 Å². The molecule has 1 saturated heterocycles. The zero-order valence-corrected chi connectivity index (χ0v) is 16.8. The average molecular weight is 410 g/mol. The van der Waals surface area contributed by atoms with Gasteiger partial charge in [-0.15, -0.1) is 15.6 Å². The number of methoxy groups -OCH3 is 2. The number of halogens is 1. The summed E-state index contributed by atoms with van der Waals surface area (Å²) >= 11 is 1.92. The van der Waals surface area contributed by atoms with Crippen LogP contribution in [0.2, 0.25) is 0 Å². The van der Waals surface area contributed by atoms with Crippen molar-refractivity contribution in [2.75, 3.05) is 34.9 Å². The highest BCUT2D eigenvalue weighted by atomic mass is 32.3. The molecule has 7 nitrogen and oxygen atoms in total. The molecule has 0 aliphatic carbocycles. The number of carbonyl (C=O) groups excluding carboxylic acids is 1. The van der Waals surface area contributed by atoms with Crippen LogP contribution >= 0.6 is 11.8 Å².